The number of carboxylic acid groups (broad SMARTS) is 1. The summed E-state index contributed by atoms with van der Waals surface area (Å²) >= 11 is 0. The van der Waals surface area contributed by atoms with Crippen LogP contribution in [0.5, 0.6) is 0 Å². The molecule has 1 aliphatic heterocycles. The van der Waals surface area contributed by atoms with E-state index in [1.54, 1.807) is 0 Å². The largest absolute Gasteiger partial charge is 0.480 e. The van der Waals surface area contributed by atoms with E-state index in [4.69, 9.17) is 5.11 Å². The molecule has 2 unspecified atom stereocenters. The van der Waals surface area contributed by atoms with E-state index in [-0.39, 0.29) is 6.54 Å². The zero-order valence-corrected chi connectivity index (χ0v) is 9.23. The number of carboxylic acids is 1. The molecule has 4 heteroatoms. The number of carbonyl (C=O) groups is 1. The van der Waals surface area contributed by atoms with E-state index < -0.39 is 5.97 Å². The van der Waals surface area contributed by atoms with E-state index in [9.17, 15) is 4.79 Å². The van der Waals surface area contributed by atoms with E-state index in [0.717, 1.165) is 19.5 Å². The lowest BCUT2D eigenvalue weighted by Crippen LogP contribution is -2.40. The normalized spacial score (nSPS) is 28.6. The zero-order chi connectivity index (χ0) is 10.7. The molecule has 4 nitrogen and oxygen atoms in total. The average molecular weight is 200 g/mol. The second-order valence-corrected chi connectivity index (χ2v) is 4.13. The Kier molecular flexibility index (Phi) is 3.89. The minimum atomic E-state index is -0.728. The van der Waals surface area contributed by atoms with Crippen molar-refractivity contribution in [1.29, 1.82) is 0 Å². The SMILES string of the molecule is CCN(CC(=O)O)C1CC(C)N(C)C1. The van der Waals surface area contributed by atoms with Crippen LogP contribution in [0.15, 0.2) is 0 Å². The minimum absolute atomic E-state index is 0.168. The van der Waals surface area contributed by atoms with Crippen molar-refractivity contribution in [3.8, 4) is 0 Å². The van der Waals surface area contributed by atoms with Gasteiger partial charge in [0.25, 0.3) is 0 Å². The molecule has 1 N–H and O–H groups in total. The predicted octanol–water partition coefficient (Wildman–Crippen LogP) is 0.486. The molecule has 0 aromatic rings. The third-order valence-electron chi connectivity index (χ3n) is 3.13. The summed E-state index contributed by atoms with van der Waals surface area (Å²) in [6, 6.07) is 0.985. The highest BCUT2D eigenvalue weighted by molar-refractivity contribution is 5.69. The second-order valence-electron chi connectivity index (χ2n) is 4.13. The first-order valence-electron chi connectivity index (χ1n) is 5.20. The quantitative estimate of drug-likeness (QED) is 0.717. The van der Waals surface area contributed by atoms with Crippen molar-refractivity contribution in [2.24, 2.45) is 0 Å². The van der Waals surface area contributed by atoms with Gasteiger partial charge in [-0.15, -0.1) is 0 Å². The summed E-state index contributed by atoms with van der Waals surface area (Å²) in [4.78, 5) is 15.0. The van der Waals surface area contributed by atoms with Crippen LogP contribution in [-0.2, 0) is 4.79 Å². The number of likely N-dealkylation sites (tertiary alicyclic amines) is 1. The molecule has 0 aromatic heterocycles. The summed E-state index contributed by atoms with van der Waals surface area (Å²) in [7, 11) is 2.10. The maximum absolute atomic E-state index is 10.6. The summed E-state index contributed by atoms with van der Waals surface area (Å²) < 4.78 is 0. The molecule has 1 heterocycles. The Balaban J connectivity index is 2.50. The van der Waals surface area contributed by atoms with Gasteiger partial charge >= 0.3 is 5.97 Å². The van der Waals surface area contributed by atoms with Crippen molar-refractivity contribution < 1.29 is 9.90 Å². The van der Waals surface area contributed by atoms with Gasteiger partial charge in [-0.05, 0) is 26.9 Å². The van der Waals surface area contributed by atoms with Gasteiger partial charge < -0.3 is 10.0 Å². The van der Waals surface area contributed by atoms with Crippen molar-refractivity contribution in [3.05, 3.63) is 0 Å². The van der Waals surface area contributed by atoms with Crippen molar-refractivity contribution in [3.63, 3.8) is 0 Å². The average Bonchev–Trinajstić information content (AvgIpc) is 2.42. The molecular formula is C10H20N2O2. The van der Waals surface area contributed by atoms with Crippen LogP contribution in [0.2, 0.25) is 0 Å². The third-order valence-corrected chi connectivity index (χ3v) is 3.13. The van der Waals surface area contributed by atoms with Crippen LogP contribution < -0.4 is 0 Å². The van der Waals surface area contributed by atoms with Crippen molar-refractivity contribution in [1.82, 2.24) is 9.80 Å². The van der Waals surface area contributed by atoms with Gasteiger partial charge in [0.15, 0.2) is 0 Å². The first-order chi connectivity index (χ1) is 6.54. The summed E-state index contributed by atoms with van der Waals surface area (Å²) in [5, 5.41) is 8.75. The van der Waals surface area contributed by atoms with Crippen LogP contribution in [0.25, 0.3) is 0 Å². The number of aliphatic carboxylic acids is 1. The lowest BCUT2D eigenvalue weighted by atomic mass is 10.1. The van der Waals surface area contributed by atoms with Gasteiger partial charge in [-0.1, -0.05) is 6.92 Å². The molecule has 1 aliphatic rings. The maximum Gasteiger partial charge on any atom is 0.317 e. The molecule has 1 rings (SSSR count). The summed E-state index contributed by atoms with van der Waals surface area (Å²) in [5.74, 6) is -0.728. The van der Waals surface area contributed by atoms with Gasteiger partial charge in [-0.25, -0.2) is 0 Å². The molecule has 2 atom stereocenters. The molecule has 1 fully saturated rings. The second kappa shape index (κ2) is 4.75. The highest BCUT2D eigenvalue weighted by atomic mass is 16.4. The molecule has 14 heavy (non-hydrogen) atoms. The number of hydrogen-bond acceptors (Lipinski definition) is 3. The maximum atomic E-state index is 10.6. The fraction of sp³-hybridized carbons (Fsp3) is 0.900. The molecule has 0 aliphatic carbocycles. The highest BCUT2D eigenvalue weighted by Crippen LogP contribution is 2.19. The number of likely N-dealkylation sites (N-methyl/N-ethyl adjacent to an activating group) is 2. The fourth-order valence-electron chi connectivity index (χ4n) is 2.10. The van der Waals surface area contributed by atoms with E-state index in [1.165, 1.54) is 0 Å². The van der Waals surface area contributed by atoms with Gasteiger partial charge in [-0.3, -0.25) is 9.69 Å². The van der Waals surface area contributed by atoms with Gasteiger partial charge in [0.1, 0.15) is 0 Å². The molecule has 0 radical (unpaired) electrons. The Morgan fingerprint density at radius 3 is 2.64 bits per heavy atom. The zero-order valence-electron chi connectivity index (χ0n) is 9.23. The Morgan fingerprint density at radius 1 is 1.64 bits per heavy atom. The van der Waals surface area contributed by atoms with Crippen LogP contribution in [0.3, 0.4) is 0 Å². The smallest absolute Gasteiger partial charge is 0.317 e. The number of rotatable bonds is 4. The molecule has 0 bridgehead atoms. The van der Waals surface area contributed by atoms with E-state index in [1.807, 2.05) is 11.8 Å². The topological polar surface area (TPSA) is 43.8 Å². The monoisotopic (exact) mass is 200 g/mol. The first kappa shape index (κ1) is 11.5. The van der Waals surface area contributed by atoms with E-state index >= 15 is 0 Å². The molecule has 1 saturated heterocycles. The van der Waals surface area contributed by atoms with Crippen LogP contribution in [0.1, 0.15) is 20.3 Å². The number of nitrogens with zero attached hydrogens (tertiary/aromatic N) is 2. The summed E-state index contributed by atoms with van der Waals surface area (Å²) in [6.45, 7) is 6.18. The van der Waals surface area contributed by atoms with Crippen molar-refractivity contribution in [2.75, 3.05) is 26.7 Å². The third kappa shape index (κ3) is 2.69. The fourth-order valence-corrected chi connectivity index (χ4v) is 2.10. The lowest BCUT2D eigenvalue weighted by Gasteiger charge is -2.25. The Morgan fingerprint density at radius 2 is 2.29 bits per heavy atom. The summed E-state index contributed by atoms with van der Waals surface area (Å²) in [5.41, 5.74) is 0. The molecule has 0 spiro atoms. The standard InChI is InChI=1S/C10H20N2O2/c1-4-12(7-10(13)14)9-5-8(2)11(3)6-9/h8-9H,4-7H2,1-3H3,(H,13,14). The highest BCUT2D eigenvalue weighted by Gasteiger charge is 2.30. The lowest BCUT2D eigenvalue weighted by molar-refractivity contribution is -0.138. The summed E-state index contributed by atoms with van der Waals surface area (Å²) in [6.07, 6.45) is 1.08. The van der Waals surface area contributed by atoms with E-state index in [2.05, 4.69) is 18.9 Å². The minimum Gasteiger partial charge on any atom is -0.480 e. The van der Waals surface area contributed by atoms with Gasteiger partial charge in [0.05, 0.1) is 6.54 Å². The van der Waals surface area contributed by atoms with Crippen molar-refractivity contribution in [2.45, 2.75) is 32.4 Å². The molecular weight excluding hydrogens is 180 g/mol. The molecule has 82 valence electrons. The first-order valence-corrected chi connectivity index (χ1v) is 5.20. The Hall–Kier alpha value is -0.610. The Bertz CT molecular complexity index is 198. The Labute approximate surface area is 85.5 Å². The van der Waals surface area contributed by atoms with Gasteiger partial charge in [0, 0.05) is 18.6 Å². The van der Waals surface area contributed by atoms with Crippen LogP contribution >= 0.6 is 0 Å². The van der Waals surface area contributed by atoms with Gasteiger partial charge in [-0.2, -0.15) is 0 Å². The van der Waals surface area contributed by atoms with Crippen LogP contribution in [0.4, 0.5) is 0 Å². The van der Waals surface area contributed by atoms with Gasteiger partial charge in [0.2, 0.25) is 0 Å². The van der Waals surface area contributed by atoms with Crippen LogP contribution in [0, 0.1) is 0 Å². The van der Waals surface area contributed by atoms with Crippen molar-refractivity contribution >= 4 is 5.97 Å². The van der Waals surface area contributed by atoms with E-state index in [0.29, 0.717) is 12.1 Å². The number of hydrogen-bond donors (Lipinski definition) is 1. The molecule has 0 saturated carbocycles. The van der Waals surface area contributed by atoms with Crippen LogP contribution in [-0.4, -0.2) is 59.6 Å². The molecule has 0 aromatic carbocycles. The molecule has 0 amide bonds. The predicted molar refractivity (Wildman–Crippen MR) is 55.4 cm³/mol.